The smallest absolute Gasteiger partial charge is 0.271 e. The van der Waals surface area contributed by atoms with Crippen molar-refractivity contribution in [3.05, 3.63) is 63.2 Å². The molecule has 5 nitrogen and oxygen atoms in total. The fourth-order valence-electron chi connectivity index (χ4n) is 1.90. The van der Waals surface area contributed by atoms with E-state index in [0.29, 0.717) is 11.5 Å². The van der Waals surface area contributed by atoms with Crippen LogP contribution in [-0.4, -0.2) is 4.92 Å². The van der Waals surface area contributed by atoms with E-state index in [1.54, 1.807) is 6.07 Å². The number of non-ortho nitro benzene ring substituents is 1. The molecule has 2 aromatic rings. The van der Waals surface area contributed by atoms with Crippen LogP contribution in [0.1, 0.15) is 24.9 Å². The van der Waals surface area contributed by atoms with Crippen LogP contribution in [0.4, 0.5) is 5.69 Å². The molecule has 0 unspecified atom stereocenters. The molecule has 0 bridgehead atoms. The van der Waals surface area contributed by atoms with Crippen molar-refractivity contribution in [3.63, 3.8) is 0 Å². The maximum Gasteiger partial charge on any atom is 0.271 e. The highest BCUT2D eigenvalue weighted by molar-refractivity contribution is 6.32. The number of halogens is 1. The lowest BCUT2D eigenvalue weighted by molar-refractivity contribution is -0.384. The second-order valence-corrected chi connectivity index (χ2v) is 4.93. The number of ether oxygens (including phenoxy) is 1. The van der Waals surface area contributed by atoms with Gasteiger partial charge in [-0.1, -0.05) is 36.7 Å². The zero-order valence-corrected chi connectivity index (χ0v) is 12.2. The molecule has 2 rings (SSSR count). The van der Waals surface area contributed by atoms with Gasteiger partial charge in [0.2, 0.25) is 0 Å². The molecule has 0 amide bonds. The number of nitrogens with two attached hydrogens (primary N) is 1. The van der Waals surface area contributed by atoms with Gasteiger partial charge in [0.25, 0.3) is 5.69 Å². The van der Waals surface area contributed by atoms with Crippen LogP contribution >= 0.6 is 11.6 Å². The minimum absolute atomic E-state index is 0.0779. The van der Waals surface area contributed by atoms with Gasteiger partial charge in [-0.15, -0.1) is 0 Å². The van der Waals surface area contributed by atoms with Gasteiger partial charge in [0.1, 0.15) is 11.5 Å². The number of nitro groups is 1. The number of hydrogen-bond acceptors (Lipinski definition) is 4. The Morgan fingerprint density at radius 2 is 2.00 bits per heavy atom. The summed E-state index contributed by atoms with van der Waals surface area (Å²) in [5, 5.41) is 10.9. The van der Waals surface area contributed by atoms with Gasteiger partial charge in [0.15, 0.2) is 0 Å². The minimum Gasteiger partial charge on any atom is -0.455 e. The van der Waals surface area contributed by atoms with Crippen LogP contribution in [0, 0.1) is 10.1 Å². The van der Waals surface area contributed by atoms with E-state index >= 15 is 0 Å². The van der Waals surface area contributed by atoms with E-state index < -0.39 is 4.92 Å². The molecule has 0 spiro atoms. The topological polar surface area (TPSA) is 78.4 Å². The molecular formula is C15H15ClN2O3. The van der Waals surface area contributed by atoms with Crippen molar-refractivity contribution in [1.29, 1.82) is 0 Å². The van der Waals surface area contributed by atoms with E-state index in [2.05, 4.69) is 0 Å². The van der Waals surface area contributed by atoms with Crippen molar-refractivity contribution in [2.75, 3.05) is 0 Å². The van der Waals surface area contributed by atoms with Crippen molar-refractivity contribution in [1.82, 2.24) is 0 Å². The molecule has 0 fully saturated rings. The molecule has 0 aromatic heterocycles. The Morgan fingerprint density at radius 3 is 2.62 bits per heavy atom. The molecule has 0 saturated carbocycles. The Kier molecular flexibility index (Phi) is 4.77. The van der Waals surface area contributed by atoms with Crippen LogP contribution in [0.3, 0.4) is 0 Å². The number of hydrogen-bond donors (Lipinski definition) is 1. The maximum atomic E-state index is 10.7. The summed E-state index contributed by atoms with van der Waals surface area (Å²) in [4.78, 5) is 10.2. The lowest BCUT2D eigenvalue weighted by atomic mass is 10.0. The lowest BCUT2D eigenvalue weighted by Crippen LogP contribution is -2.09. The molecule has 1 atom stereocenters. The van der Waals surface area contributed by atoms with E-state index in [-0.39, 0.29) is 16.8 Å². The normalized spacial score (nSPS) is 12.0. The SMILES string of the molecule is CC[C@@H](N)c1ccccc1Oc1ccc([N+](=O)[O-])cc1Cl. The summed E-state index contributed by atoms with van der Waals surface area (Å²) in [7, 11) is 0. The van der Waals surface area contributed by atoms with Crippen LogP contribution in [0.25, 0.3) is 0 Å². The van der Waals surface area contributed by atoms with Crippen LogP contribution in [0.2, 0.25) is 5.02 Å². The van der Waals surface area contributed by atoms with Gasteiger partial charge in [0.05, 0.1) is 9.95 Å². The highest BCUT2D eigenvalue weighted by atomic mass is 35.5. The maximum absolute atomic E-state index is 10.7. The van der Waals surface area contributed by atoms with Gasteiger partial charge < -0.3 is 10.5 Å². The molecule has 0 radical (unpaired) electrons. The van der Waals surface area contributed by atoms with Gasteiger partial charge in [-0.05, 0) is 18.6 Å². The summed E-state index contributed by atoms with van der Waals surface area (Å²) < 4.78 is 5.76. The number of benzene rings is 2. The molecule has 0 aliphatic rings. The molecule has 0 aliphatic carbocycles. The van der Waals surface area contributed by atoms with Crippen molar-refractivity contribution in [2.45, 2.75) is 19.4 Å². The third kappa shape index (κ3) is 3.51. The summed E-state index contributed by atoms with van der Waals surface area (Å²) in [6, 6.07) is 11.4. The first kappa shape index (κ1) is 15.3. The third-order valence-corrected chi connectivity index (χ3v) is 3.40. The molecule has 6 heteroatoms. The van der Waals surface area contributed by atoms with Crippen LogP contribution in [0.15, 0.2) is 42.5 Å². The van der Waals surface area contributed by atoms with E-state index in [4.69, 9.17) is 22.1 Å². The van der Waals surface area contributed by atoms with Crippen molar-refractivity contribution >= 4 is 17.3 Å². The van der Waals surface area contributed by atoms with E-state index in [9.17, 15) is 10.1 Å². The monoisotopic (exact) mass is 306 g/mol. The first-order valence-electron chi connectivity index (χ1n) is 6.49. The second kappa shape index (κ2) is 6.56. The van der Waals surface area contributed by atoms with Gasteiger partial charge in [0, 0.05) is 23.7 Å². The fraction of sp³-hybridized carbons (Fsp3) is 0.200. The lowest BCUT2D eigenvalue weighted by Gasteiger charge is -2.15. The standard InChI is InChI=1S/C15H15ClN2O3/c1-2-13(17)11-5-3-4-6-14(11)21-15-8-7-10(18(19)20)9-12(15)16/h3-9,13H,2,17H2,1H3/t13-/m1/s1. The number of nitro benzene ring substituents is 1. The van der Waals surface area contributed by atoms with Gasteiger partial charge >= 0.3 is 0 Å². The van der Waals surface area contributed by atoms with Gasteiger partial charge in [-0.2, -0.15) is 0 Å². The predicted molar refractivity (Wildman–Crippen MR) is 81.8 cm³/mol. The first-order chi connectivity index (χ1) is 10.0. The molecule has 2 N–H and O–H groups in total. The summed E-state index contributed by atoms with van der Waals surface area (Å²) >= 11 is 6.03. The van der Waals surface area contributed by atoms with Crippen LogP contribution in [0.5, 0.6) is 11.5 Å². The first-order valence-corrected chi connectivity index (χ1v) is 6.87. The predicted octanol–water partition coefficient (Wildman–Crippen LogP) is 4.45. The Labute approximate surface area is 127 Å². The van der Waals surface area contributed by atoms with Crippen LogP contribution in [-0.2, 0) is 0 Å². The van der Waals surface area contributed by atoms with Crippen LogP contribution < -0.4 is 10.5 Å². The summed E-state index contributed by atoms with van der Waals surface area (Å²) in [5.74, 6) is 0.959. The Morgan fingerprint density at radius 1 is 1.29 bits per heavy atom. The molecule has 21 heavy (non-hydrogen) atoms. The number of rotatable bonds is 5. The molecule has 2 aromatic carbocycles. The summed E-state index contributed by atoms with van der Waals surface area (Å²) in [6.45, 7) is 1.99. The Hall–Kier alpha value is -2.11. The van der Waals surface area contributed by atoms with Gasteiger partial charge in [-0.3, -0.25) is 10.1 Å². The van der Waals surface area contributed by atoms with Crippen molar-refractivity contribution in [3.8, 4) is 11.5 Å². The van der Waals surface area contributed by atoms with Crippen molar-refractivity contribution in [2.24, 2.45) is 5.73 Å². The number of para-hydroxylation sites is 1. The molecular weight excluding hydrogens is 292 g/mol. The largest absolute Gasteiger partial charge is 0.455 e. The molecule has 110 valence electrons. The quantitative estimate of drug-likeness (QED) is 0.654. The summed E-state index contributed by atoms with van der Waals surface area (Å²) in [5.41, 5.74) is 6.84. The Bertz CT molecular complexity index is 661. The average molecular weight is 307 g/mol. The van der Waals surface area contributed by atoms with Gasteiger partial charge in [-0.25, -0.2) is 0 Å². The average Bonchev–Trinajstić information content (AvgIpc) is 2.49. The fourth-order valence-corrected chi connectivity index (χ4v) is 2.12. The molecule has 0 aliphatic heterocycles. The zero-order chi connectivity index (χ0) is 15.4. The van der Waals surface area contributed by atoms with E-state index in [0.717, 1.165) is 12.0 Å². The minimum atomic E-state index is -0.503. The zero-order valence-electron chi connectivity index (χ0n) is 11.5. The molecule has 0 saturated heterocycles. The number of nitrogens with zero attached hydrogens (tertiary/aromatic N) is 1. The Balaban J connectivity index is 2.33. The highest BCUT2D eigenvalue weighted by Gasteiger charge is 2.14. The second-order valence-electron chi connectivity index (χ2n) is 4.53. The third-order valence-electron chi connectivity index (χ3n) is 3.10. The van der Waals surface area contributed by atoms with Crippen molar-refractivity contribution < 1.29 is 9.66 Å². The summed E-state index contributed by atoms with van der Waals surface area (Å²) in [6.07, 6.45) is 0.772. The highest BCUT2D eigenvalue weighted by Crippen LogP contribution is 2.35. The van der Waals surface area contributed by atoms with E-state index in [1.165, 1.54) is 18.2 Å². The van der Waals surface area contributed by atoms with E-state index in [1.807, 2.05) is 25.1 Å². The molecule has 0 heterocycles.